The molecule has 0 aliphatic heterocycles. The van der Waals surface area contributed by atoms with Gasteiger partial charge in [-0.1, -0.05) is 23.4 Å². The van der Waals surface area contributed by atoms with Crippen LogP contribution in [0.1, 0.15) is 5.56 Å². The molecule has 2 heterocycles. The van der Waals surface area contributed by atoms with Crippen LogP contribution in [-0.2, 0) is 6.54 Å². The molecule has 0 aliphatic carbocycles. The molecule has 0 aliphatic rings. The highest BCUT2D eigenvalue weighted by atomic mass is 15.4. The minimum Gasteiger partial charge on any atom is -0.326 e. The smallest absolute Gasteiger partial charge is 0.0959 e. The molecule has 0 amide bonds. The Kier molecular flexibility index (Phi) is 3.04. The van der Waals surface area contributed by atoms with Crippen molar-refractivity contribution in [2.45, 2.75) is 6.54 Å². The Morgan fingerprint density at radius 3 is 2.68 bits per heavy atom. The first-order valence-corrected chi connectivity index (χ1v) is 5.99. The van der Waals surface area contributed by atoms with Crippen molar-refractivity contribution in [2.75, 3.05) is 0 Å². The lowest BCUT2D eigenvalue weighted by atomic mass is 10.1. The number of nitrogens with zero attached hydrogens (tertiary/aromatic N) is 4. The van der Waals surface area contributed by atoms with Crippen LogP contribution in [-0.4, -0.2) is 20.0 Å². The molecule has 3 aromatic rings. The van der Waals surface area contributed by atoms with Crippen LogP contribution < -0.4 is 5.73 Å². The number of nitrogens with two attached hydrogens (primary N) is 1. The molecule has 0 saturated heterocycles. The third kappa shape index (κ3) is 2.23. The van der Waals surface area contributed by atoms with Gasteiger partial charge < -0.3 is 5.73 Å². The maximum Gasteiger partial charge on any atom is 0.0959 e. The predicted octanol–water partition coefficient (Wildman–Crippen LogP) is 1.79. The summed E-state index contributed by atoms with van der Waals surface area (Å²) in [5.41, 5.74) is 9.45. The number of hydrogen-bond acceptors (Lipinski definition) is 4. The predicted molar refractivity (Wildman–Crippen MR) is 72.5 cm³/mol. The van der Waals surface area contributed by atoms with Crippen LogP contribution in [0.5, 0.6) is 0 Å². The second-order valence-corrected chi connectivity index (χ2v) is 4.15. The maximum absolute atomic E-state index is 5.64. The number of para-hydroxylation sites is 1. The summed E-state index contributed by atoms with van der Waals surface area (Å²) in [7, 11) is 0. The van der Waals surface area contributed by atoms with E-state index >= 15 is 0 Å². The molecular weight excluding hydrogens is 238 g/mol. The fourth-order valence-corrected chi connectivity index (χ4v) is 1.93. The van der Waals surface area contributed by atoms with Gasteiger partial charge in [0.25, 0.3) is 0 Å². The van der Waals surface area contributed by atoms with Gasteiger partial charge in [-0.25, -0.2) is 4.68 Å². The first-order chi connectivity index (χ1) is 9.38. The minimum atomic E-state index is 0.466. The quantitative estimate of drug-likeness (QED) is 0.770. The molecule has 19 heavy (non-hydrogen) atoms. The molecule has 2 N–H and O–H groups in total. The first-order valence-electron chi connectivity index (χ1n) is 5.99. The molecule has 3 rings (SSSR count). The summed E-state index contributed by atoms with van der Waals surface area (Å²) >= 11 is 0. The van der Waals surface area contributed by atoms with Gasteiger partial charge in [0.1, 0.15) is 0 Å². The van der Waals surface area contributed by atoms with Crippen LogP contribution in [0.15, 0.2) is 55.0 Å². The highest BCUT2D eigenvalue weighted by Gasteiger charge is 2.09. The fraction of sp³-hybridized carbons (Fsp3) is 0.0714. The van der Waals surface area contributed by atoms with E-state index in [1.54, 1.807) is 23.3 Å². The molecule has 5 nitrogen and oxygen atoms in total. The molecule has 0 atom stereocenters. The monoisotopic (exact) mass is 251 g/mol. The highest BCUT2D eigenvalue weighted by molar-refractivity contribution is 5.60. The van der Waals surface area contributed by atoms with Gasteiger partial charge in [-0.2, -0.15) is 0 Å². The van der Waals surface area contributed by atoms with E-state index < -0.39 is 0 Å². The summed E-state index contributed by atoms with van der Waals surface area (Å²) in [4.78, 5) is 4.20. The zero-order valence-electron chi connectivity index (χ0n) is 10.3. The van der Waals surface area contributed by atoms with E-state index in [1.807, 2.05) is 36.4 Å². The Balaban J connectivity index is 2.09. The van der Waals surface area contributed by atoms with E-state index in [0.717, 1.165) is 22.5 Å². The molecule has 0 bridgehead atoms. The molecular formula is C14H13N5. The van der Waals surface area contributed by atoms with E-state index in [0.29, 0.717) is 6.54 Å². The van der Waals surface area contributed by atoms with E-state index in [2.05, 4.69) is 15.3 Å². The van der Waals surface area contributed by atoms with Gasteiger partial charge in [0, 0.05) is 24.5 Å². The van der Waals surface area contributed by atoms with Crippen molar-refractivity contribution in [1.29, 1.82) is 0 Å². The molecule has 0 fully saturated rings. The van der Waals surface area contributed by atoms with Crippen molar-refractivity contribution < 1.29 is 0 Å². The van der Waals surface area contributed by atoms with Gasteiger partial charge in [-0.05, 0) is 23.8 Å². The summed E-state index contributed by atoms with van der Waals surface area (Å²) in [6, 6.07) is 11.9. The molecule has 0 radical (unpaired) electrons. The Bertz CT molecular complexity index is 675. The van der Waals surface area contributed by atoms with Crippen LogP contribution in [0.3, 0.4) is 0 Å². The summed E-state index contributed by atoms with van der Waals surface area (Å²) in [5, 5.41) is 8.11. The second-order valence-electron chi connectivity index (χ2n) is 4.15. The van der Waals surface area contributed by atoms with Gasteiger partial charge in [-0.15, -0.1) is 5.10 Å². The Morgan fingerprint density at radius 2 is 1.89 bits per heavy atom. The van der Waals surface area contributed by atoms with Crippen molar-refractivity contribution in [1.82, 2.24) is 20.0 Å². The lowest BCUT2D eigenvalue weighted by molar-refractivity contribution is 0.807. The first kappa shape index (κ1) is 11.6. The molecule has 94 valence electrons. The Hall–Kier alpha value is -2.53. The lowest BCUT2D eigenvalue weighted by Gasteiger charge is -2.06. The topological polar surface area (TPSA) is 69.6 Å². The summed E-state index contributed by atoms with van der Waals surface area (Å²) in [5.74, 6) is 0. The molecule has 2 aromatic heterocycles. The number of hydrogen-bond donors (Lipinski definition) is 1. The molecule has 1 aromatic carbocycles. The second kappa shape index (κ2) is 4.99. The molecule has 5 heteroatoms. The normalized spacial score (nSPS) is 10.6. The zero-order valence-corrected chi connectivity index (χ0v) is 10.3. The lowest BCUT2D eigenvalue weighted by Crippen LogP contribution is -2.01. The highest BCUT2D eigenvalue weighted by Crippen LogP contribution is 2.21. The third-order valence-corrected chi connectivity index (χ3v) is 2.88. The van der Waals surface area contributed by atoms with Crippen LogP contribution in [0.4, 0.5) is 0 Å². The van der Waals surface area contributed by atoms with E-state index in [1.165, 1.54) is 0 Å². The number of pyridine rings is 1. The van der Waals surface area contributed by atoms with Gasteiger partial charge in [0.15, 0.2) is 0 Å². The SMILES string of the molecule is NCc1cncc(-c2cnnn2-c2ccccc2)c1. The molecule has 0 unspecified atom stereocenters. The van der Waals surface area contributed by atoms with Crippen LogP contribution in [0.2, 0.25) is 0 Å². The number of benzene rings is 1. The molecule has 0 spiro atoms. The van der Waals surface area contributed by atoms with Crippen LogP contribution in [0.25, 0.3) is 16.9 Å². The minimum absolute atomic E-state index is 0.466. The summed E-state index contributed by atoms with van der Waals surface area (Å²) < 4.78 is 1.79. The van der Waals surface area contributed by atoms with Crippen molar-refractivity contribution in [3.8, 4) is 16.9 Å². The maximum atomic E-state index is 5.64. The average Bonchev–Trinajstić information content (AvgIpc) is 2.98. The van der Waals surface area contributed by atoms with Crippen molar-refractivity contribution in [3.05, 3.63) is 60.6 Å². The Labute approximate surface area is 110 Å². The average molecular weight is 251 g/mol. The van der Waals surface area contributed by atoms with Crippen molar-refractivity contribution in [3.63, 3.8) is 0 Å². The van der Waals surface area contributed by atoms with E-state index in [4.69, 9.17) is 5.73 Å². The standard InChI is InChI=1S/C14H13N5/c15-7-11-6-12(9-16-8-11)14-10-17-18-19(14)13-4-2-1-3-5-13/h1-6,8-10H,7,15H2. The molecule has 0 saturated carbocycles. The largest absolute Gasteiger partial charge is 0.326 e. The number of rotatable bonds is 3. The van der Waals surface area contributed by atoms with Gasteiger partial charge in [-0.3, -0.25) is 4.98 Å². The summed E-state index contributed by atoms with van der Waals surface area (Å²) in [6.07, 6.45) is 5.28. The van der Waals surface area contributed by atoms with Crippen molar-refractivity contribution in [2.24, 2.45) is 5.73 Å². The van der Waals surface area contributed by atoms with Gasteiger partial charge in [0.05, 0.1) is 17.6 Å². The van der Waals surface area contributed by atoms with Crippen molar-refractivity contribution >= 4 is 0 Å². The van der Waals surface area contributed by atoms with Gasteiger partial charge >= 0.3 is 0 Å². The summed E-state index contributed by atoms with van der Waals surface area (Å²) in [6.45, 7) is 0.466. The van der Waals surface area contributed by atoms with E-state index in [-0.39, 0.29) is 0 Å². The fourth-order valence-electron chi connectivity index (χ4n) is 1.93. The van der Waals surface area contributed by atoms with E-state index in [9.17, 15) is 0 Å². The Morgan fingerprint density at radius 1 is 1.05 bits per heavy atom. The zero-order chi connectivity index (χ0) is 13.1. The van der Waals surface area contributed by atoms with Gasteiger partial charge in [0.2, 0.25) is 0 Å². The third-order valence-electron chi connectivity index (χ3n) is 2.88. The van der Waals surface area contributed by atoms with Crippen LogP contribution in [0, 0.1) is 0 Å². The number of aromatic nitrogens is 4. The van der Waals surface area contributed by atoms with Crippen LogP contribution >= 0.6 is 0 Å².